The number of aromatic carboxylic acids is 2. The van der Waals surface area contributed by atoms with Gasteiger partial charge in [-0.05, 0) is 65.2 Å². The van der Waals surface area contributed by atoms with Crippen molar-refractivity contribution in [3.05, 3.63) is 157 Å². The summed E-state index contributed by atoms with van der Waals surface area (Å²) in [6.45, 7) is 0. The Morgan fingerprint density at radius 3 is 1.63 bits per heavy atom. The van der Waals surface area contributed by atoms with Crippen molar-refractivity contribution < 1.29 is 33.8 Å². The number of hydrogen-bond donors (Lipinski definition) is 4. The van der Waals surface area contributed by atoms with E-state index in [1.165, 1.54) is 0 Å². The Balaban J connectivity index is 0.000000208. The number of anilines is 2. The average molecular weight is 818 g/mol. The Hall–Kier alpha value is -5.74. The molecule has 0 aliphatic rings. The molecule has 0 saturated heterocycles. The first-order valence-corrected chi connectivity index (χ1v) is 18.3. The minimum Gasteiger partial charge on any atom is -0.478 e. The van der Waals surface area contributed by atoms with E-state index >= 15 is 0 Å². The van der Waals surface area contributed by atoms with Crippen LogP contribution in [0.1, 0.15) is 31.8 Å². The summed E-state index contributed by atoms with van der Waals surface area (Å²) in [5, 5.41) is 28.9. The van der Waals surface area contributed by atoms with Gasteiger partial charge in [0.1, 0.15) is 21.1 Å². The van der Waals surface area contributed by atoms with E-state index in [1.807, 2.05) is 18.2 Å². The Morgan fingerprint density at radius 1 is 0.648 bits per heavy atom. The van der Waals surface area contributed by atoms with Crippen LogP contribution >= 0.6 is 57.5 Å². The summed E-state index contributed by atoms with van der Waals surface area (Å²) in [6, 6.07) is 29.0. The van der Waals surface area contributed by atoms with Crippen molar-refractivity contribution in [2.75, 3.05) is 10.6 Å². The van der Waals surface area contributed by atoms with Gasteiger partial charge in [-0.25, -0.2) is 14.0 Å². The van der Waals surface area contributed by atoms with Gasteiger partial charge in [-0.15, -0.1) is 22.7 Å². The zero-order valence-corrected chi connectivity index (χ0v) is 31.3. The third-order valence-electron chi connectivity index (χ3n) is 7.27. The summed E-state index contributed by atoms with van der Waals surface area (Å²) in [4.78, 5) is 47.7. The van der Waals surface area contributed by atoms with Gasteiger partial charge in [0.15, 0.2) is 5.83 Å². The van der Waals surface area contributed by atoms with Gasteiger partial charge in [0.25, 0.3) is 5.91 Å². The molecule has 0 spiro atoms. The second kappa shape index (κ2) is 18.3. The molecule has 0 aliphatic carbocycles. The van der Waals surface area contributed by atoms with E-state index in [0.717, 1.165) is 28.7 Å². The van der Waals surface area contributed by atoms with Crippen LogP contribution in [0, 0.1) is 11.8 Å². The summed E-state index contributed by atoms with van der Waals surface area (Å²) in [5.41, 5.74) is 3.20. The van der Waals surface area contributed by atoms with Crippen LogP contribution < -0.4 is 10.6 Å². The molecule has 270 valence electrons. The predicted molar refractivity (Wildman–Crippen MR) is 215 cm³/mol. The number of rotatable bonds is 8. The molecule has 14 heteroatoms. The number of halogens is 4. The van der Waals surface area contributed by atoms with Crippen LogP contribution in [0.4, 0.5) is 14.4 Å². The lowest BCUT2D eigenvalue weighted by molar-refractivity contribution is -0.114. The van der Waals surface area contributed by atoms with Gasteiger partial charge in [0.05, 0.1) is 0 Å². The molecule has 0 unspecified atom stereocenters. The van der Waals surface area contributed by atoms with Gasteiger partial charge in [0, 0.05) is 48.4 Å². The molecule has 8 nitrogen and oxygen atoms in total. The Labute approximate surface area is 331 Å². The first-order chi connectivity index (χ1) is 25.9. The Kier molecular flexibility index (Phi) is 13.4. The van der Waals surface area contributed by atoms with Gasteiger partial charge >= 0.3 is 17.8 Å². The highest BCUT2D eigenvalue weighted by Crippen LogP contribution is 2.37. The first kappa shape index (κ1) is 39.5. The maximum absolute atomic E-state index is 14.3. The van der Waals surface area contributed by atoms with Crippen molar-refractivity contribution >= 4 is 97.3 Å². The quantitative estimate of drug-likeness (QED) is 0.0893. The smallest absolute Gasteiger partial charge is 0.339 e. The number of carbonyl (C=O) groups is 4. The van der Waals surface area contributed by atoms with E-state index in [0.29, 0.717) is 43.4 Å². The van der Waals surface area contributed by atoms with Gasteiger partial charge in [0.2, 0.25) is 0 Å². The molecule has 0 fully saturated rings. The summed E-state index contributed by atoms with van der Waals surface area (Å²) < 4.78 is 14.3. The molecule has 0 bridgehead atoms. The predicted octanol–water partition coefficient (Wildman–Crippen LogP) is 11.1. The zero-order valence-electron chi connectivity index (χ0n) is 27.4. The van der Waals surface area contributed by atoms with Crippen molar-refractivity contribution in [2.24, 2.45) is 0 Å². The fraction of sp³-hybridized carbons (Fsp3) is 0. The molecular weight excluding hydrogens is 794 g/mol. The Bertz CT molecular complexity index is 2440. The fourth-order valence-electron chi connectivity index (χ4n) is 4.75. The van der Waals surface area contributed by atoms with Crippen LogP contribution in [0.3, 0.4) is 0 Å². The number of carboxylic acid groups (broad SMARTS) is 2. The molecule has 6 rings (SSSR count). The number of hydrogen-bond acceptors (Lipinski definition) is 6. The Morgan fingerprint density at radius 2 is 1.13 bits per heavy atom. The lowest BCUT2D eigenvalue weighted by Crippen LogP contribution is -2.13. The maximum atomic E-state index is 14.3. The van der Waals surface area contributed by atoms with E-state index < -0.39 is 29.6 Å². The lowest BCUT2D eigenvalue weighted by atomic mass is 10.0. The highest BCUT2D eigenvalue weighted by molar-refractivity contribution is 7.15. The van der Waals surface area contributed by atoms with Gasteiger partial charge < -0.3 is 20.8 Å². The maximum Gasteiger partial charge on any atom is 0.339 e. The minimum absolute atomic E-state index is 0.0326. The van der Waals surface area contributed by atoms with E-state index in [2.05, 4.69) is 22.5 Å². The second-order valence-corrected chi connectivity index (χ2v) is 13.9. The fourth-order valence-corrected chi connectivity index (χ4v) is 7.11. The molecule has 2 aromatic heterocycles. The summed E-state index contributed by atoms with van der Waals surface area (Å²) in [7, 11) is 0. The van der Waals surface area contributed by atoms with Gasteiger partial charge in [-0.1, -0.05) is 101 Å². The monoisotopic (exact) mass is 816 g/mol. The summed E-state index contributed by atoms with van der Waals surface area (Å²) in [5.74, 6) is 0.120. The van der Waals surface area contributed by atoms with Gasteiger partial charge in [-0.3, -0.25) is 9.59 Å². The molecule has 0 radical (unpaired) electrons. The van der Waals surface area contributed by atoms with Crippen LogP contribution in [-0.4, -0.2) is 34.0 Å². The molecule has 0 saturated carbocycles. The van der Waals surface area contributed by atoms with Crippen LogP contribution in [0.25, 0.3) is 28.3 Å². The van der Waals surface area contributed by atoms with Crippen molar-refractivity contribution in [1.29, 1.82) is 0 Å². The van der Waals surface area contributed by atoms with Crippen LogP contribution in [0.5, 0.6) is 0 Å². The van der Waals surface area contributed by atoms with Crippen molar-refractivity contribution in [1.82, 2.24) is 0 Å². The molecule has 4 N–H and O–H groups in total. The molecule has 4 aromatic carbocycles. The standard InChI is InChI=1S/C20H12Cl2FNO3S.C20H12ClNO3S/c21-13-7-5-11(6-8-13)14-10-28-19(17(14)20(26)27)24-18(25)16(23)9-12-3-1-2-4-15(12)22;21-15-9-7-14(8-10-15)16-12-26-19(18(16)20(24)25)22-17(23)11-6-13-4-2-1-3-5-13/h1-10H,(H,24,25)(H,26,27);1-5,7-10,12H,(H,22,23)(H,24,25)/b16-9-;. The molecule has 6 aromatic rings. The highest BCUT2D eigenvalue weighted by Gasteiger charge is 2.23. The lowest BCUT2D eigenvalue weighted by Gasteiger charge is -2.06. The van der Waals surface area contributed by atoms with Crippen molar-refractivity contribution in [3.63, 3.8) is 0 Å². The normalized spacial score (nSPS) is 10.6. The third-order valence-corrected chi connectivity index (χ3v) is 9.91. The van der Waals surface area contributed by atoms with Crippen LogP contribution in [0.15, 0.2) is 120 Å². The number of nitrogens with one attached hydrogen (secondary N) is 2. The van der Waals surface area contributed by atoms with Crippen molar-refractivity contribution in [3.8, 4) is 34.1 Å². The summed E-state index contributed by atoms with van der Waals surface area (Å²) in [6.07, 6.45) is 0.992. The number of carbonyl (C=O) groups excluding carboxylic acids is 2. The van der Waals surface area contributed by atoms with Crippen LogP contribution in [-0.2, 0) is 9.59 Å². The second-order valence-electron chi connectivity index (χ2n) is 10.9. The summed E-state index contributed by atoms with van der Waals surface area (Å²) >= 11 is 19.8. The number of carboxylic acids is 2. The first-order valence-electron chi connectivity index (χ1n) is 15.4. The number of thiophene rings is 2. The topological polar surface area (TPSA) is 133 Å². The minimum atomic E-state index is -1.24. The van der Waals surface area contributed by atoms with E-state index in [9.17, 15) is 33.8 Å². The highest BCUT2D eigenvalue weighted by atomic mass is 35.5. The van der Waals surface area contributed by atoms with E-state index in [1.54, 1.807) is 95.7 Å². The molecule has 0 atom stereocenters. The number of benzene rings is 4. The van der Waals surface area contributed by atoms with Crippen LogP contribution in [0.2, 0.25) is 15.1 Å². The van der Waals surface area contributed by atoms with E-state index in [4.69, 9.17) is 34.8 Å². The van der Waals surface area contributed by atoms with E-state index in [-0.39, 0.29) is 26.2 Å². The largest absolute Gasteiger partial charge is 0.478 e. The average Bonchev–Trinajstić information content (AvgIpc) is 3.78. The molecule has 54 heavy (non-hydrogen) atoms. The van der Waals surface area contributed by atoms with Gasteiger partial charge in [-0.2, -0.15) is 0 Å². The third kappa shape index (κ3) is 10.2. The molecular formula is C40H24Cl3FN2O6S2. The molecule has 2 amide bonds. The molecule has 0 aliphatic heterocycles. The molecule has 2 heterocycles. The zero-order chi connectivity index (χ0) is 38.8. The number of amides is 2. The van der Waals surface area contributed by atoms with Crippen molar-refractivity contribution in [2.45, 2.75) is 0 Å². The SMILES string of the molecule is O=C(C#Cc1ccccc1)Nc1scc(-c2ccc(Cl)cc2)c1C(=O)O.O=C(Nc1scc(-c2ccc(Cl)cc2)c1C(=O)O)/C(F)=C/c1ccccc1Cl.